The van der Waals surface area contributed by atoms with Crippen molar-refractivity contribution in [2.75, 3.05) is 0 Å². The standard InChI is InChI=1S/C21H18ClFO3/c1-12-4-5-13(14-6-7-17(23)16(22)11-14)10-15(12)18-19(24)21(26-20(18)25)8-2-3-9-21/h4-7,10-11,18H,2-3,8-9H2,1H3. The summed E-state index contributed by atoms with van der Waals surface area (Å²) < 4.78 is 19.0. The van der Waals surface area contributed by atoms with E-state index in [0.29, 0.717) is 18.4 Å². The van der Waals surface area contributed by atoms with E-state index in [1.54, 1.807) is 12.1 Å². The monoisotopic (exact) mass is 372 g/mol. The number of hydrogen-bond acceptors (Lipinski definition) is 3. The van der Waals surface area contributed by atoms with Gasteiger partial charge in [0, 0.05) is 0 Å². The Kier molecular flexibility index (Phi) is 4.11. The van der Waals surface area contributed by atoms with Crippen LogP contribution in [0.15, 0.2) is 36.4 Å². The van der Waals surface area contributed by atoms with Gasteiger partial charge in [0.1, 0.15) is 11.7 Å². The van der Waals surface area contributed by atoms with Gasteiger partial charge in [-0.05, 0) is 73.1 Å². The molecular weight excluding hydrogens is 355 g/mol. The summed E-state index contributed by atoms with van der Waals surface area (Å²) >= 11 is 5.89. The maximum absolute atomic E-state index is 13.4. The molecule has 1 saturated heterocycles. The number of rotatable bonds is 2. The quantitative estimate of drug-likeness (QED) is 0.551. The molecule has 0 bridgehead atoms. The zero-order valence-corrected chi connectivity index (χ0v) is 15.1. The molecule has 134 valence electrons. The average molecular weight is 373 g/mol. The van der Waals surface area contributed by atoms with Crippen LogP contribution >= 0.6 is 11.6 Å². The molecule has 2 aromatic carbocycles. The van der Waals surface area contributed by atoms with Crippen LogP contribution in [0.4, 0.5) is 4.39 Å². The number of Topliss-reactive ketones (excluding diaryl/α,β-unsaturated/α-hetero) is 1. The minimum Gasteiger partial charge on any atom is -0.450 e. The van der Waals surface area contributed by atoms with E-state index in [1.807, 2.05) is 25.1 Å². The summed E-state index contributed by atoms with van der Waals surface area (Å²) in [5, 5.41) is 0.0332. The smallest absolute Gasteiger partial charge is 0.322 e. The van der Waals surface area contributed by atoms with Crippen LogP contribution in [-0.4, -0.2) is 17.4 Å². The average Bonchev–Trinajstić information content (AvgIpc) is 3.17. The van der Waals surface area contributed by atoms with Gasteiger partial charge in [-0.3, -0.25) is 9.59 Å². The van der Waals surface area contributed by atoms with Gasteiger partial charge in [0.2, 0.25) is 0 Å². The van der Waals surface area contributed by atoms with E-state index >= 15 is 0 Å². The van der Waals surface area contributed by atoms with Crippen molar-refractivity contribution in [1.29, 1.82) is 0 Å². The molecule has 1 heterocycles. The molecule has 1 atom stereocenters. The van der Waals surface area contributed by atoms with Crippen molar-refractivity contribution in [2.24, 2.45) is 0 Å². The van der Waals surface area contributed by atoms with Crippen molar-refractivity contribution in [2.45, 2.75) is 44.1 Å². The Morgan fingerprint density at radius 3 is 2.42 bits per heavy atom. The van der Waals surface area contributed by atoms with Crippen LogP contribution in [0.1, 0.15) is 42.7 Å². The molecule has 0 radical (unpaired) electrons. The summed E-state index contributed by atoms with van der Waals surface area (Å²) in [7, 11) is 0. The summed E-state index contributed by atoms with van der Waals surface area (Å²) in [4.78, 5) is 25.6. The van der Waals surface area contributed by atoms with Crippen molar-refractivity contribution < 1.29 is 18.7 Å². The fourth-order valence-electron chi connectivity index (χ4n) is 4.04. The lowest BCUT2D eigenvalue weighted by molar-refractivity contribution is -0.151. The summed E-state index contributed by atoms with van der Waals surface area (Å²) in [6.45, 7) is 1.87. The van der Waals surface area contributed by atoms with E-state index in [1.165, 1.54) is 6.07 Å². The highest BCUT2D eigenvalue weighted by atomic mass is 35.5. The van der Waals surface area contributed by atoms with E-state index in [-0.39, 0.29) is 10.8 Å². The molecule has 1 aliphatic heterocycles. The van der Waals surface area contributed by atoms with E-state index in [2.05, 4.69) is 0 Å². The largest absolute Gasteiger partial charge is 0.450 e. The summed E-state index contributed by atoms with van der Waals surface area (Å²) in [6, 6.07) is 10.0. The summed E-state index contributed by atoms with van der Waals surface area (Å²) in [5.41, 5.74) is 2.09. The molecular formula is C21H18ClFO3. The number of carbonyl (C=O) groups is 2. The van der Waals surface area contributed by atoms with Crippen LogP contribution in [0.3, 0.4) is 0 Å². The van der Waals surface area contributed by atoms with Crippen molar-refractivity contribution in [1.82, 2.24) is 0 Å². The molecule has 0 aromatic heterocycles. The van der Waals surface area contributed by atoms with Gasteiger partial charge >= 0.3 is 5.97 Å². The minimum absolute atomic E-state index is 0.0332. The first-order valence-electron chi connectivity index (χ1n) is 8.74. The molecule has 0 N–H and O–H groups in total. The maximum atomic E-state index is 13.4. The summed E-state index contributed by atoms with van der Waals surface area (Å²) in [5.74, 6) is -1.96. The number of benzene rings is 2. The molecule has 1 spiro atoms. The second-order valence-electron chi connectivity index (χ2n) is 7.12. The Morgan fingerprint density at radius 1 is 1.08 bits per heavy atom. The Labute approximate surface area is 156 Å². The van der Waals surface area contributed by atoms with E-state index in [9.17, 15) is 14.0 Å². The lowest BCUT2D eigenvalue weighted by atomic mass is 9.84. The number of aryl methyl sites for hydroxylation is 1. The van der Waals surface area contributed by atoms with Gasteiger partial charge in [-0.25, -0.2) is 4.39 Å². The predicted molar refractivity (Wildman–Crippen MR) is 96.6 cm³/mol. The molecule has 1 saturated carbocycles. The van der Waals surface area contributed by atoms with Gasteiger partial charge in [0.05, 0.1) is 5.02 Å². The van der Waals surface area contributed by atoms with Crippen LogP contribution in [0.5, 0.6) is 0 Å². The van der Waals surface area contributed by atoms with Crippen LogP contribution < -0.4 is 0 Å². The first-order valence-corrected chi connectivity index (χ1v) is 9.12. The SMILES string of the molecule is Cc1ccc(-c2ccc(F)c(Cl)c2)cc1C1C(=O)OC2(CCCC2)C1=O. The van der Waals surface area contributed by atoms with Gasteiger partial charge in [-0.15, -0.1) is 0 Å². The van der Waals surface area contributed by atoms with Crippen molar-refractivity contribution >= 4 is 23.4 Å². The fourth-order valence-corrected chi connectivity index (χ4v) is 4.22. The van der Waals surface area contributed by atoms with Crippen LogP contribution in [-0.2, 0) is 14.3 Å². The molecule has 1 unspecified atom stereocenters. The second kappa shape index (κ2) is 6.20. The van der Waals surface area contributed by atoms with E-state index in [0.717, 1.165) is 29.5 Å². The number of hydrogen-bond donors (Lipinski definition) is 0. The molecule has 5 heteroatoms. The number of carbonyl (C=O) groups excluding carboxylic acids is 2. The normalized spacial score (nSPS) is 21.4. The Bertz CT molecular complexity index is 915. The third-order valence-corrected chi connectivity index (χ3v) is 5.79. The minimum atomic E-state index is -0.927. The van der Waals surface area contributed by atoms with Gasteiger partial charge in [-0.1, -0.05) is 29.8 Å². The van der Waals surface area contributed by atoms with Crippen LogP contribution in [0.25, 0.3) is 11.1 Å². The topological polar surface area (TPSA) is 43.4 Å². The van der Waals surface area contributed by atoms with Gasteiger partial charge in [0.25, 0.3) is 0 Å². The molecule has 2 aliphatic rings. The zero-order chi connectivity index (χ0) is 18.5. The van der Waals surface area contributed by atoms with Gasteiger partial charge in [-0.2, -0.15) is 0 Å². The first-order chi connectivity index (χ1) is 12.4. The number of ether oxygens (including phenoxy) is 1. The number of ketones is 1. The fraction of sp³-hybridized carbons (Fsp3) is 0.333. The highest BCUT2D eigenvalue weighted by Crippen LogP contribution is 2.45. The lowest BCUT2D eigenvalue weighted by Gasteiger charge is -2.19. The third kappa shape index (κ3) is 2.64. The lowest BCUT2D eigenvalue weighted by Crippen LogP contribution is -2.33. The Morgan fingerprint density at radius 2 is 1.73 bits per heavy atom. The molecule has 0 amide bonds. The van der Waals surface area contributed by atoms with Crippen LogP contribution in [0.2, 0.25) is 5.02 Å². The van der Waals surface area contributed by atoms with Gasteiger partial charge in [0.15, 0.2) is 11.4 Å². The van der Waals surface area contributed by atoms with Crippen molar-refractivity contribution in [3.05, 3.63) is 58.4 Å². The van der Waals surface area contributed by atoms with Crippen molar-refractivity contribution in [3.8, 4) is 11.1 Å². The highest BCUT2D eigenvalue weighted by Gasteiger charge is 2.56. The predicted octanol–water partition coefficient (Wildman–Crippen LogP) is 4.98. The van der Waals surface area contributed by atoms with Crippen LogP contribution in [0, 0.1) is 12.7 Å². The number of halogens is 2. The number of esters is 1. The first kappa shape index (κ1) is 17.2. The second-order valence-corrected chi connectivity index (χ2v) is 7.53. The van der Waals surface area contributed by atoms with Gasteiger partial charge < -0.3 is 4.74 Å². The van der Waals surface area contributed by atoms with E-state index in [4.69, 9.17) is 16.3 Å². The molecule has 2 fully saturated rings. The third-order valence-electron chi connectivity index (χ3n) is 5.50. The Balaban J connectivity index is 1.76. The highest BCUT2D eigenvalue weighted by molar-refractivity contribution is 6.31. The summed E-state index contributed by atoms with van der Waals surface area (Å²) in [6.07, 6.45) is 3.03. The maximum Gasteiger partial charge on any atom is 0.322 e. The van der Waals surface area contributed by atoms with Crippen molar-refractivity contribution in [3.63, 3.8) is 0 Å². The molecule has 26 heavy (non-hydrogen) atoms. The molecule has 3 nitrogen and oxygen atoms in total. The molecule has 2 aromatic rings. The molecule has 1 aliphatic carbocycles. The zero-order valence-electron chi connectivity index (χ0n) is 14.4. The molecule has 4 rings (SSSR count). The van der Waals surface area contributed by atoms with E-state index < -0.39 is 23.3 Å². The Hall–Kier alpha value is -2.20.